The third-order valence-corrected chi connectivity index (χ3v) is 3.36. The van der Waals surface area contributed by atoms with E-state index in [1.165, 1.54) is 25.7 Å². The molecule has 0 aliphatic rings. The number of carbonyl (C=O) groups is 1. The lowest BCUT2D eigenvalue weighted by Gasteiger charge is -2.05. The van der Waals surface area contributed by atoms with Crippen LogP contribution < -0.4 is 10.6 Å². The molecule has 0 aliphatic heterocycles. The molecule has 0 radical (unpaired) electrons. The molecule has 0 fully saturated rings. The van der Waals surface area contributed by atoms with Crippen LogP contribution >= 0.6 is 0 Å². The van der Waals surface area contributed by atoms with Crippen LogP contribution in [0.15, 0.2) is 12.2 Å². The Morgan fingerprint density at radius 2 is 1.67 bits per heavy atom. The maximum atomic E-state index is 11.4. The van der Waals surface area contributed by atoms with Crippen LogP contribution in [0.25, 0.3) is 0 Å². The number of aliphatic hydroxyl groups is 1. The maximum Gasteiger partial charge on any atom is 0.243 e. The highest BCUT2D eigenvalue weighted by Gasteiger charge is 1.94. The van der Waals surface area contributed by atoms with Crippen molar-refractivity contribution in [3.63, 3.8) is 0 Å². The zero-order valence-corrected chi connectivity index (χ0v) is 13.7. The molecule has 0 spiro atoms. The summed E-state index contributed by atoms with van der Waals surface area (Å²) >= 11 is 0. The average molecular weight is 298 g/mol. The van der Waals surface area contributed by atoms with Gasteiger partial charge in [-0.15, -0.1) is 0 Å². The van der Waals surface area contributed by atoms with E-state index in [0.29, 0.717) is 13.2 Å². The van der Waals surface area contributed by atoms with E-state index in [1.54, 1.807) is 6.08 Å². The summed E-state index contributed by atoms with van der Waals surface area (Å²) in [6.45, 7) is 5.00. The van der Waals surface area contributed by atoms with E-state index in [1.807, 2.05) is 6.08 Å². The van der Waals surface area contributed by atoms with Crippen LogP contribution in [0.2, 0.25) is 0 Å². The molecule has 0 unspecified atom stereocenters. The maximum absolute atomic E-state index is 11.4. The van der Waals surface area contributed by atoms with Gasteiger partial charge in [-0.3, -0.25) is 4.79 Å². The van der Waals surface area contributed by atoms with E-state index in [-0.39, 0.29) is 5.91 Å². The summed E-state index contributed by atoms with van der Waals surface area (Å²) in [5.74, 6) is 0.0109. The molecule has 0 heterocycles. The lowest BCUT2D eigenvalue weighted by Crippen LogP contribution is -2.31. The number of allylic oxidation sites excluding steroid dienone is 1. The zero-order chi connectivity index (χ0) is 15.6. The van der Waals surface area contributed by atoms with E-state index < -0.39 is 0 Å². The van der Waals surface area contributed by atoms with Gasteiger partial charge in [-0.25, -0.2) is 0 Å². The molecule has 0 saturated carbocycles. The van der Waals surface area contributed by atoms with Gasteiger partial charge in [-0.2, -0.15) is 0 Å². The first-order valence-electron chi connectivity index (χ1n) is 8.57. The third-order valence-electron chi connectivity index (χ3n) is 3.36. The van der Waals surface area contributed by atoms with Gasteiger partial charge in [0.15, 0.2) is 0 Å². The molecule has 1 amide bonds. The van der Waals surface area contributed by atoms with Crippen LogP contribution in [0.3, 0.4) is 0 Å². The van der Waals surface area contributed by atoms with Crippen LogP contribution in [-0.4, -0.2) is 37.3 Å². The molecular weight excluding hydrogens is 264 g/mol. The second kappa shape index (κ2) is 17.2. The summed E-state index contributed by atoms with van der Waals surface area (Å²) in [4.78, 5) is 11.4. The lowest BCUT2D eigenvalue weighted by atomic mass is 10.1. The summed E-state index contributed by atoms with van der Waals surface area (Å²) in [6, 6.07) is 0. The number of amides is 1. The van der Waals surface area contributed by atoms with Crippen LogP contribution in [-0.2, 0) is 4.79 Å². The average Bonchev–Trinajstić information content (AvgIpc) is 2.49. The Labute approximate surface area is 130 Å². The topological polar surface area (TPSA) is 61.4 Å². The molecule has 124 valence electrons. The van der Waals surface area contributed by atoms with Crippen molar-refractivity contribution in [1.82, 2.24) is 10.6 Å². The Morgan fingerprint density at radius 3 is 2.38 bits per heavy atom. The van der Waals surface area contributed by atoms with Crippen molar-refractivity contribution in [2.45, 2.75) is 64.7 Å². The first-order valence-corrected chi connectivity index (χ1v) is 8.57. The highest BCUT2D eigenvalue weighted by molar-refractivity contribution is 5.87. The van der Waals surface area contributed by atoms with Gasteiger partial charge in [0.25, 0.3) is 0 Å². The summed E-state index contributed by atoms with van der Waals surface area (Å²) in [5.41, 5.74) is 0. The molecule has 4 heteroatoms. The smallest absolute Gasteiger partial charge is 0.243 e. The number of hydrogen-bond donors (Lipinski definition) is 3. The molecule has 4 nitrogen and oxygen atoms in total. The van der Waals surface area contributed by atoms with Crippen molar-refractivity contribution in [1.29, 1.82) is 0 Å². The molecule has 0 atom stereocenters. The largest absolute Gasteiger partial charge is 0.396 e. The first-order chi connectivity index (χ1) is 10.3. The molecular formula is C17H34N2O2. The Morgan fingerprint density at radius 1 is 0.952 bits per heavy atom. The van der Waals surface area contributed by atoms with Gasteiger partial charge in [0, 0.05) is 19.7 Å². The third kappa shape index (κ3) is 17.1. The number of rotatable bonds is 15. The normalized spacial score (nSPS) is 11.1. The molecule has 0 rings (SSSR count). The van der Waals surface area contributed by atoms with Crippen molar-refractivity contribution in [2.24, 2.45) is 0 Å². The summed E-state index contributed by atoms with van der Waals surface area (Å²) in [5, 5.41) is 14.9. The Hall–Kier alpha value is -0.870. The number of unbranched alkanes of at least 4 members (excludes halogenated alkanes) is 7. The highest BCUT2D eigenvalue weighted by Crippen LogP contribution is 2.04. The molecule has 3 N–H and O–H groups in total. The van der Waals surface area contributed by atoms with E-state index in [9.17, 15) is 4.79 Å². The van der Waals surface area contributed by atoms with Crippen LogP contribution in [0, 0.1) is 0 Å². The monoisotopic (exact) mass is 298 g/mol. The quantitative estimate of drug-likeness (QED) is 0.322. The molecule has 21 heavy (non-hydrogen) atoms. The van der Waals surface area contributed by atoms with Gasteiger partial charge < -0.3 is 15.7 Å². The molecule has 0 aromatic heterocycles. The van der Waals surface area contributed by atoms with Crippen LogP contribution in [0.5, 0.6) is 0 Å². The predicted octanol–water partition coefficient (Wildman–Crippen LogP) is 2.77. The van der Waals surface area contributed by atoms with Gasteiger partial charge in [-0.1, -0.05) is 51.5 Å². The minimum absolute atomic E-state index is 0.0109. The Bertz CT molecular complexity index is 255. The summed E-state index contributed by atoms with van der Waals surface area (Å²) in [6.07, 6.45) is 13.9. The summed E-state index contributed by atoms with van der Waals surface area (Å²) in [7, 11) is 0. The molecule has 0 saturated heterocycles. The van der Waals surface area contributed by atoms with Gasteiger partial charge in [0.05, 0.1) is 0 Å². The number of aliphatic hydroxyl groups excluding tert-OH is 1. The van der Waals surface area contributed by atoms with Gasteiger partial charge >= 0.3 is 0 Å². The standard InChI is InChI=1S/C17H34N2O2/c1-2-3-4-9-12-17(21)19-15-14-18-13-10-7-5-6-8-11-16-20/h9,12,18,20H,2-8,10-11,13-16H2,1H3,(H,19,21)/b12-9+. The van der Waals surface area contributed by atoms with E-state index >= 15 is 0 Å². The Kier molecular flexibility index (Phi) is 16.5. The molecule has 0 aliphatic carbocycles. The van der Waals surface area contributed by atoms with Crippen molar-refractivity contribution in [2.75, 3.05) is 26.2 Å². The zero-order valence-electron chi connectivity index (χ0n) is 13.7. The number of hydrogen-bond acceptors (Lipinski definition) is 3. The van der Waals surface area contributed by atoms with Gasteiger partial charge in [0.2, 0.25) is 5.91 Å². The van der Waals surface area contributed by atoms with Crippen molar-refractivity contribution in [3.05, 3.63) is 12.2 Å². The Balaban J connectivity index is 3.17. The minimum atomic E-state index is 0.0109. The second-order valence-electron chi connectivity index (χ2n) is 5.43. The first kappa shape index (κ1) is 20.1. The fourth-order valence-electron chi connectivity index (χ4n) is 2.04. The minimum Gasteiger partial charge on any atom is -0.396 e. The summed E-state index contributed by atoms with van der Waals surface area (Å²) < 4.78 is 0. The van der Waals surface area contributed by atoms with E-state index in [2.05, 4.69) is 17.6 Å². The van der Waals surface area contributed by atoms with Gasteiger partial charge in [-0.05, 0) is 31.9 Å². The lowest BCUT2D eigenvalue weighted by molar-refractivity contribution is -0.116. The molecule has 0 bridgehead atoms. The van der Waals surface area contributed by atoms with Crippen molar-refractivity contribution >= 4 is 5.91 Å². The van der Waals surface area contributed by atoms with Crippen molar-refractivity contribution in [3.8, 4) is 0 Å². The molecule has 0 aromatic carbocycles. The number of nitrogens with one attached hydrogen (secondary N) is 2. The van der Waals surface area contributed by atoms with Crippen LogP contribution in [0.4, 0.5) is 0 Å². The van der Waals surface area contributed by atoms with Crippen molar-refractivity contribution < 1.29 is 9.90 Å². The molecule has 0 aromatic rings. The fraction of sp³-hybridized carbons (Fsp3) is 0.824. The van der Waals surface area contributed by atoms with E-state index in [0.717, 1.165) is 45.2 Å². The van der Waals surface area contributed by atoms with Crippen LogP contribution in [0.1, 0.15) is 64.7 Å². The predicted molar refractivity (Wildman–Crippen MR) is 89.3 cm³/mol. The SMILES string of the molecule is CCCC/C=C/C(=O)NCCNCCCCCCCCO. The van der Waals surface area contributed by atoms with Gasteiger partial charge in [0.1, 0.15) is 0 Å². The van der Waals surface area contributed by atoms with E-state index in [4.69, 9.17) is 5.11 Å². The highest BCUT2D eigenvalue weighted by atomic mass is 16.2. The second-order valence-corrected chi connectivity index (χ2v) is 5.43. The number of carbonyl (C=O) groups excluding carboxylic acids is 1. The fourth-order valence-corrected chi connectivity index (χ4v) is 2.04.